The summed E-state index contributed by atoms with van der Waals surface area (Å²) in [7, 11) is 1.66. The van der Waals surface area contributed by atoms with Crippen LogP contribution in [-0.4, -0.2) is 45.8 Å². The fourth-order valence-electron chi connectivity index (χ4n) is 2.57. The van der Waals surface area contributed by atoms with E-state index in [1.807, 2.05) is 0 Å². The number of aromatic nitrogens is 2. The molecule has 0 saturated carbocycles. The first kappa shape index (κ1) is 22.6. The van der Waals surface area contributed by atoms with Crippen molar-refractivity contribution in [1.29, 1.82) is 0 Å². The van der Waals surface area contributed by atoms with Gasteiger partial charge in [0, 0.05) is 38.8 Å². The van der Waals surface area contributed by atoms with Gasteiger partial charge in [0.2, 0.25) is 5.76 Å². The summed E-state index contributed by atoms with van der Waals surface area (Å²) in [5.74, 6) is 5.92. The van der Waals surface area contributed by atoms with Crippen LogP contribution in [-0.2, 0) is 16.1 Å². The molecule has 0 bridgehead atoms. The number of carbonyl (C=O) groups excluding carboxylic acids is 1. The van der Waals surface area contributed by atoms with Crippen molar-refractivity contribution in [2.45, 2.75) is 51.3 Å². The molecule has 2 rings (SSSR count). The van der Waals surface area contributed by atoms with Crippen LogP contribution in [0.3, 0.4) is 0 Å². The highest BCUT2D eigenvalue weighted by atomic mass is 16.5. The summed E-state index contributed by atoms with van der Waals surface area (Å²) in [5.41, 5.74) is 0.586. The monoisotopic (exact) mass is 406 g/mol. The number of aryl methyl sites for hydroxylation is 1. The first-order valence-corrected chi connectivity index (χ1v) is 9.15. The Hall–Kier alpha value is -2.71. The first-order chi connectivity index (χ1) is 13.9. The lowest BCUT2D eigenvalue weighted by Gasteiger charge is -2.31. The van der Waals surface area contributed by atoms with Crippen molar-refractivity contribution in [2.24, 2.45) is 0 Å². The van der Waals surface area contributed by atoms with Crippen molar-refractivity contribution >= 4 is 5.91 Å². The molecule has 10 nitrogen and oxygen atoms in total. The minimum atomic E-state index is -1.61. The predicted octanol–water partition coefficient (Wildman–Crippen LogP) is 1.23. The van der Waals surface area contributed by atoms with Crippen molar-refractivity contribution in [3.63, 3.8) is 0 Å². The number of aliphatic hydroxyl groups excluding tert-OH is 1. The van der Waals surface area contributed by atoms with Crippen LogP contribution in [0.5, 0.6) is 0 Å². The zero-order valence-electron chi connectivity index (χ0n) is 16.7. The molecule has 1 amide bonds. The number of carbonyl (C=O) groups is 1. The summed E-state index contributed by atoms with van der Waals surface area (Å²) in [6.07, 6.45) is 1.20. The molecule has 0 aromatic carbocycles. The standard InChI is InChI=1S/C19H26N4O6/c1-13-10-16(23-28-13)17(24)19(2,18(25)21-26)20-12-14-11-15(29-22-14)8-6-4-5-7-9-27-3/h10-11,17,20,24,26H,4-5,7,9,12H2,1-3H3,(H,21,25). The Morgan fingerprint density at radius 2 is 2.14 bits per heavy atom. The lowest BCUT2D eigenvalue weighted by molar-refractivity contribution is -0.141. The lowest BCUT2D eigenvalue weighted by atomic mass is 9.91. The quantitative estimate of drug-likeness (QED) is 0.198. The van der Waals surface area contributed by atoms with E-state index < -0.39 is 17.6 Å². The van der Waals surface area contributed by atoms with Crippen LogP contribution in [0.4, 0.5) is 0 Å². The number of hydrogen-bond acceptors (Lipinski definition) is 9. The molecule has 0 fully saturated rings. The molecule has 2 unspecified atom stereocenters. The number of unbranched alkanes of at least 4 members (excludes halogenated alkanes) is 2. The van der Waals surface area contributed by atoms with Gasteiger partial charge in [-0.05, 0) is 32.6 Å². The number of aliphatic hydroxyl groups is 1. The van der Waals surface area contributed by atoms with Crippen LogP contribution in [0.15, 0.2) is 21.2 Å². The SMILES string of the molecule is COCCCCC#Cc1cc(CNC(C)(C(=O)NO)C(O)c2cc(C)on2)no1. The Morgan fingerprint density at radius 1 is 1.34 bits per heavy atom. The Bertz CT molecular complexity index is 852. The number of nitrogens with zero attached hydrogens (tertiary/aromatic N) is 2. The van der Waals surface area contributed by atoms with Gasteiger partial charge in [0.25, 0.3) is 5.91 Å². The Morgan fingerprint density at radius 3 is 2.79 bits per heavy atom. The van der Waals surface area contributed by atoms with E-state index in [9.17, 15) is 9.90 Å². The Labute approximate surface area is 168 Å². The lowest BCUT2D eigenvalue weighted by Crippen LogP contribution is -2.57. The minimum absolute atomic E-state index is 0.0802. The van der Waals surface area contributed by atoms with E-state index in [0.717, 1.165) is 19.3 Å². The number of rotatable bonds is 10. The van der Waals surface area contributed by atoms with E-state index >= 15 is 0 Å². The zero-order chi connectivity index (χ0) is 21.3. The molecular formula is C19H26N4O6. The summed E-state index contributed by atoms with van der Waals surface area (Å²) in [6, 6.07) is 3.14. The van der Waals surface area contributed by atoms with E-state index in [4.69, 9.17) is 19.0 Å². The molecule has 2 atom stereocenters. The largest absolute Gasteiger partial charge is 0.385 e. The van der Waals surface area contributed by atoms with Gasteiger partial charge >= 0.3 is 0 Å². The van der Waals surface area contributed by atoms with Crippen molar-refractivity contribution in [3.8, 4) is 11.8 Å². The molecule has 0 radical (unpaired) electrons. The molecule has 2 aromatic heterocycles. The van der Waals surface area contributed by atoms with Crippen molar-refractivity contribution in [2.75, 3.05) is 13.7 Å². The Balaban J connectivity index is 2.00. The maximum absolute atomic E-state index is 12.2. The normalized spacial score (nSPS) is 14.0. The summed E-state index contributed by atoms with van der Waals surface area (Å²) >= 11 is 0. The maximum Gasteiger partial charge on any atom is 0.266 e. The zero-order valence-corrected chi connectivity index (χ0v) is 16.7. The molecule has 158 valence electrons. The molecule has 10 heteroatoms. The fraction of sp³-hybridized carbons (Fsp3) is 0.526. The third kappa shape index (κ3) is 6.13. The van der Waals surface area contributed by atoms with Crippen LogP contribution in [0.2, 0.25) is 0 Å². The average Bonchev–Trinajstić information content (AvgIpc) is 3.36. The van der Waals surface area contributed by atoms with E-state index in [0.29, 0.717) is 23.8 Å². The van der Waals surface area contributed by atoms with Crippen LogP contribution in [0.25, 0.3) is 0 Å². The van der Waals surface area contributed by atoms with E-state index in [1.165, 1.54) is 13.0 Å². The number of ether oxygens (including phenoxy) is 1. The van der Waals surface area contributed by atoms with Gasteiger partial charge in [0.05, 0.1) is 5.69 Å². The van der Waals surface area contributed by atoms with Crippen LogP contribution in [0, 0.1) is 18.8 Å². The van der Waals surface area contributed by atoms with Crippen molar-refractivity contribution < 1.29 is 28.9 Å². The number of hydroxylamine groups is 1. The number of methoxy groups -OCH3 is 1. The number of amides is 1. The minimum Gasteiger partial charge on any atom is -0.385 e. The second-order valence-corrected chi connectivity index (χ2v) is 6.70. The van der Waals surface area contributed by atoms with Gasteiger partial charge in [-0.15, -0.1) is 0 Å². The molecule has 29 heavy (non-hydrogen) atoms. The Kier molecular flexibility index (Phi) is 8.35. The number of hydrogen-bond donors (Lipinski definition) is 4. The van der Waals surface area contributed by atoms with Gasteiger partial charge in [-0.25, -0.2) is 5.48 Å². The second kappa shape index (κ2) is 10.7. The van der Waals surface area contributed by atoms with Crippen molar-refractivity contribution in [1.82, 2.24) is 21.1 Å². The molecule has 4 N–H and O–H groups in total. The highest BCUT2D eigenvalue weighted by molar-refractivity contribution is 5.85. The third-order valence-corrected chi connectivity index (χ3v) is 4.35. The molecule has 0 aliphatic heterocycles. The highest BCUT2D eigenvalue weighted by Gasteiger charge is 2.43. The molecule has 0 saturated heterocycles. The van der Waals surface area contributed by atoms with Gasteiger partial charge in [-0.2, -0.15) is 0 Å². The van der Waals surface area contributed by atoms with Gasteiger partial charge < -0.3 is 18.9 Å². The number of nitrogens with one attached hydrogen (secondary N) is 2. The maximum atomic E-state index is 12.2. The molecule has 0 spiro atoms. The van der Waals surface area contributed by atoms with E-state index in [2.05, 4.69) is 27.5 Å². The summed E-state index contributed by atoms with van der Waals surface area (Å²) < 4.78 is 15.1. The van der Waals surface area contributed by atoms with E-state index in [-0.39, 0.29) is 12.2 Å². The first-order valence-electron chi connectivity index (χ1n) is 9.15. The van der Waals surface area contributed by atoms with Gasteiger partial charge in [-0.1, -0.05) is 16.2 Å². The molecule has 0 aliphatic carbocycles. The summed E-state index contributed by atoms with van der Waals surface area (Å²) in [5, 5.41) is 30.2. The van der Waals surface area contributed by atoms with Crippen LogP contribution < -0.4 is 10.8 Å². The molecular weight excluding hydrogens is 380 g/mol. The average molecular weight is 406 g/mol. The smallest absolute Gasteiger partial charge is 0.266 e. The van der Waals surface area contributed by atoms with E-state index in [1.54, 1.807) is 25.6 Å². The topological polar surface area (TPSA) is 143 Å². The third-order valence-electron chi connectivity index (χ3n) is 4.35. The highest BCUT2D eigenvalue weighted by Crippen LogP contribution is 2.26. The van der Waals surface area contributed by atoms with Gasteiger partial charge in [0.15, 0.2) is 0 Å². The predicted molar refractivity (Wildman–Crippen MR) is 100 cm³/mol. The summed E-state index contributed by atoms with van der Waals surface area (Å²) in [4.78, 5) is 12.2. The molecule has 2 heterocycles. The van der Waals surface area contributed by atoms with Gasteiger partial charge in [0.1, 0.15) is 23.1 Å². The summed E-state index contributed by atoms with van der Waals surface area (Å²) in [6.45, 7) is 3.88. The van der Waals surface area contributed by atoms with Crippen LogP contribution in [0.1, 0.15) is 55.2 Å². The fourth-order valence-corrected chi connectivity index (χ4v) is 2.57. The molecule has 2 aromatic rings. The second-order valence-electron chi connectivity index (χ2n) is 6.70. The van der Waals surface area contributed by atoms with Crippen LogP contribution >= 0.6 is 0 Å². The van der Waals surface area contributed by atoms with Crippen molar-refractivity contribution in [3.05, 3.63) is 35.0 Å². The molecule has 0 aliphatic rings. The van der Waals surface area contributed by atoms with Gasteiger partial charge in [-0.3, -0.25) is 15.3 Å².